The summed E-state index contributed by atoms with van der Waals surface area (Å²) >= 11 is 0. The van der Waals surface area contributed by atoms with Crippen molar-refractivity contribution in [1.82, 2.24) is 0 Å². The second kappa shape index (κ2) is 3.91. The molecular weight excluding hydrogens is 158 g/mol. The summed E-state index contributed by atoms with van der Waals surface area (Å²) in [6.45, 7) is 5.60. The molecular formula is C12H13N. The predicted octanol–water partition coefficient (Wildman–Crippen LogP) is 3.04. The topological polar surface area (TPSA) is 23.8 Å². The molecule has 0 heterocycles. The molecule has 13 heavy (non-hydrogen) atoms. The van der Waals surface area contributed by atoms with Crippen LogP contribution in [-0.2, 0) is 5.41 Å². The molecule has 0 saturated heterocycles. The van der Waals surface area contributed by atoms with Crippen LogP contribution >= 0.6 is 0 Å². The van der Waals surface area contributed by atoms with E-state index in [1.807, 2.05) is 37.3 Å². The molecule has 66 valence electrons. The van der Waals surface area contributed by atoms with Gasteiger partial charge in [0.2, 0.25) is 0 Å². The summed E-state index contributed by atoms with van der Waals surface area (Å²) in [4.78, 5) is 0. The summed E-state index contributed by atoms with van der Waals surface area (Å²) in [7, 11) is 0. The Morgan fingerprint density at radius 2 is 2.08 bits per heavy atom. The van der Waals surface area contributed by atoms with Crippen LogP contribution in [0.5, 0.6) is 0 Å². The van der Waals surface area contributed by atoms with Crippen LogP contribution in [0.4, 0.5) is 0 Å². The molecule has 0 saturated carbocycles. The van der Waals surface area contributed by atoms with E-state index in [-0.39, 0.29) is 0 Å². The molecule has 0 aliphatic rings. The first-order valence-electron chi connectivity index (χ1n) is 4.30. The van der Waals surface area contributed by atoms with E-state index < -0.39 is 5.41 Å². The molecule has 0 spiro atoms. The van der Waals surface area contributed by atoms with Crippen LogP contribution in [0.2, 0.25) is 0 Å². The lowest BCUT2D eigenvalue weighted by atomic mass is 9.81. The monoisotopic (exact) mass is 171 g/mol. The van der Waals surface area contributed by atoms with E-state index in [9.17, 15) is 0 Å². The first kappa shape index (κ1) is 9.54. The molecule has 0 unspecified atom stereocenters. The fraction of sp³-hybridized carbons (Fsp3) is 0.250. The van der Waals surface area contributed by atoms with Gasteiger partial charge in [0, 0.05) is 0 Å². The van der Waals surface area contributed by atoms with E-state index in [1.54, 1.807) is 6.08 Å². The average molecular weight is 171 g/mol. The van der Waals surface area contributed by atoms with E-state index in [4.69, 9.17) is 5.26 Å². The first-order valence-corrected chi connectivity index (χ1v) is 4.30. The van der Waals surface area contributed by atoms with Crippen molar-refractivity contribution < 1.29 is 0 Å². The van der Waals surface area contributed by atoms with Crippen molar-refractivity contribution in [3.8, 4) is 6.07 Å². The Morgan fingerprint density at radius 1 is 1.46 bits per heavy atom. The smallest absolute Gasteiger partial charge is 0.0828 e. The molecule has 0 aliphatic heterocycles. The second-order valence-electron chi connectivity index (χ2n) is 3.30. The summed E-state index contributed by atoms with van der Waals surface area (Å²) in [5.74, 6) is 0. The molecule has 1 atom stereocenters. The van der Waals surface area contributed by atoms with E-state index in [0.717, 1.165) is 5.56 Å². The fourth-order valence-corrected chi connectivity index (χ4v) is 1.32. The van der Waals surface area contributed by atoms with Crippen LogP contribution in [0.25, 0.3) is 0 Å². The van der Waals surface area contributed by atoms with Gasteiger partial charge in [0.05, 0.1) is 11.5 Å². The molecule has 0 radical (unpaired) electrons. The van der Waals surface area contributed by atoms with Crippen molar-refractivity contribution in [2.45, 2.75) is 18.8 Å². The zero-order valence-corrected chi connectivity index (χ0v) is 7.83. The van der Waals surface area contributed by atoms with Crippen molar-refractivity contribution in [3.63, 3.8) is 0 Å². The summed E-state index contributed by atoms with van der Waals surface area (Å²) in [5, 5.41) is 9.07. The van der Waals surface area contributed by atoms with Gasteiger partial charge in [0.15, 0.2) is 0 Å². The fourth-order valence-electron chi connectivity index (χ4n) is 1.32. The van der Waals surface area contributed by atoms with E-state index in [1.165, 1.54) is 0 Å². The first-order chi connectivity index (χ1) is 6.23. The molecule has 0 aliphatic carbocycles. The van der Waals surface area contributed by atoms with E-state index >= 15 is 0 Å². The Labute approximate surface area is 79.3 Å². The van der Waals surface area contributed by atoms with E-state index in [0.29, 0.717) is 6.42 Å². The third-order valence-corrected chi connectivity index (χ3v) is 2.21. The van der Waals surface area contributed by atoms with Crippen molar-refractivity contribution in [3.05, 3.63) is 48.6 Å². The van der Waals surface area contributed by atoms with Crippen molar-refractivity contribution in [2.24, 2.45) is 0 Å². The Morgan fingerprint density at radius 3 is 2.54 bits per heavy atom. The third kappa shape index (κ3) is 1.97. The van der Waals surface area contributed by atoms with Gasteiger partial charge in [0.25, 0.3) is 0 Å². The molecule has 0 fully saturated rings. The Hall–Kier alpha value is -1.55. The van der Waals surface area contributed by atoms with Crippen LogP contribution in [0.1, 0.15) is 18.9 Å². The highest BCUT2D eigenvalue weighted by Gasteiger charge is 2.23. The maximum Gasteiger partial charge on any atom is 0.0828 e. The quantitative estimate of drug-likeness (QED) is 0.641. The van der Waals surface area contributed by atoms with Gasteiger partial charge in [-0.3, -0.25) is 0 Å². The molecule has 1 rings (SSSR count). The van der Waals surface area contributed by atoms with Crippen LogP contribution < -0.4 is 0 Å². The van der Waals surface area contributed by atoms with Crippen LogP contribution in [0.3, 0.4) is 0 Å². The van der Waals surface area contributed by atoms with Gasteiger partial charge in [-0.25, -0.2) is 0 Å². The molecule has 1 aromatic carbocycles. The predicted molar refractivity (Wildman–Crippen MR) is 54.2 cm³/mol. The van der Waals surface area contributed by atoms with Crippen molar-refractivity contribution in [1.29, 1.82) is 5.26 Å². The van der Waals surface area contributed by atoms with Crippen LogP contribution in [-0.4, -0.2) is 0 Å². The van der Waals surface area contributed by atoms with Gasteiger partial charge in [-0.05, 0) is 18.9 Å². The summed E-state index contributed by atoms with van der Waals surface area (Å²) in [6.07, 6.45) is 2.48. The standard InChI is InChI=1S/C12H13N/c1-3-9-12(2,10-13)11-7-5-4-6-8-11/h3-8H,1,9H2,2H3/t12-/m1/s1. The average Bonchev–Trinajstić information content (AvgIpc) is 2.19. The Kier molecular flexibility index (Phi) is 2.87. The third-order valence-electron chi connectivity index (χ3n) is 2.21. The number of benzene rings is 1. The zero-order valence-electron chi connectivity index (χ0n) is 7.83. The number of rotatable bonds is 3. The number of nitriles is 1. The summed E-state index contributed by atoms with van der Waals surface area (Å²) in [5.41, 5.74) is 0.626. The SMILES string of the molecule is C=CC[C@](C)(C#N)c1ccccc1. The normalized spacial score (nSPS) is 14.2. The molecule has 0 N–H and O–H groups in total. The number of allylic oxidation sites excluding steroid dienone is 1. The van der Waals surface area contributed by atoms with E-state index in [2.05, 4.69) is 12.6 Å². The molecule has 1 heteroatoms. The highest BCUT2D eigenvalue weighted by Crippen LogP contribution is 2.26. The highest BCUT2D eigenvalue weighted by molar-refractivity contribution is 5.31. The molecule has 0 aromatic heterocycles. The number of hydrogen-bond acceptors (Lipinski definition) is 1. The minimum atomic E-state index is -0.428. The molecule has 0 amide bonds. The summed E-state index contributed by atoms with van der Waals surface area (Å²) < 4.78 is 0. The Balaban J connectivity index is 3.04. The van der Waals surface area contributed by atoms with Crippen LogP contribution in [0, 0.1) is 11.3 Å². The number of hydrogen-bond donors (Lipinski definition) is 0. The molecule has 0 bridgehead atoms. The van der Waals surface area contributed by atoms with Crippen LogP contribution in [0.15, 0.2) is 43.0 Å². The highest BCUT2D eigenvalue weighted by atomic mass is 14.3. The number of nitrogens with zero attached hydrogens (tertiary/aromatic N) is 1. The lowest BCUT2D eigenvalue weighted by Gasteiger charge is -2.19. The van der Waals surface area contributed by atoms with Gasteiger partial charge < -0.3 is 0 Å². The minimum Gasteiger partial charge on any atom is -0.197 e. The minimum absolute atomic E-state index is 0.428. The van der Waals surface area contributed by atoms with Gasteiger partial charge in [-0.15, -0.1) is 6.58 Å². The second-order valence-corrected chi connectivity index (χ2v) is 3.30. The molecule has 1 aromatic rings. The van der Waals surface area contributed by atoms with Crippen molar-refractivity contribution in [2.75, 3.05) is 0 Å². The largest absolute Gasteiger partial charge is 0.197 e. The van der Waals surface area contributed by atoms with Crippen molar-refractivity contribution >= 4 is 0 Å². The summed E-state index contributed by atoms with van der Waals surface area (Å²) in [6, 6.07) is 12.1. The Bertz CT molecular complexity index is 321. The van der Waals surface area contributed by atoms with Gasteiger partial charge in [0.1, 0.15) is 0 Å². The lowest BCUT2D eigenvalue weighted by Crippen LogP contribution is -2.17. The lowest BCUT2D eigenvalue weighted by molar-refractivity contribution is 0.622. The van der Waals surface area contributed by atoms with Gasteiger partial charge in [-0.1, -0.05) is 36.4 Å². The maximum atomic E-state index is 9.07. The van der Waals surface area contributed by atoms with Gasteiger partial charge in [-0.2, -0.15) is 5.26 Å². The maximum absolute atomic E-state index is 9.07. The molecule has 1 nitrogen and oxygen atoms in total. The zero-order chi connectivity index (χ0) is 9.73. The van der Waals surface area contributed by atoms with Gasteiger partial charge >= 0.3 is 0 Å².